The smallest absolute Gasteiger partial charge is 0.308 e. The van der Waals surface area contributed by atoms with Gasteiger partial charge in [0.15, 0.2) is 0 Å². The van der Waals surface area contributed by atoms with Crippen LogP contribution in [0, 0.1) is 12.8 Å². The largest absolute Gasteiger partial charge is 0.481 e. The van der Waals surface area contributed by atoms with Gasteiger partial charge in [-0.05, 0) is 18.9 Å². The van der Waals surface area contributed by atoms with Gasteiger partial charge in [-0.1, -0.05) is 0 Å². The van der Waals surface area contributed by atoms with E-state index in [0.717, 1.165) is 5.56 Å². The van der Waals surface area contributed by atoms with Gasteiger partial charge in [0.1, 0.15) is 4.90 Å². The van der Waals surface area contributed by atoms with E-state index in [2.05, 4.69) is 20.0 Å². The zero-order valence-electron chi connectivity index (χ0n) is 12.1. The Morgan fingerprint density at radius 2 is 2.23 bits per heavy atom. The van der Waals surface area contributed by atoms with Crippen molar-refractivity contribution >= 4 is 16.0 Å². The van der Waals surface area contributed by atoms with Gasteiger partial charge in [0.25, 0.3) is 0 Å². The SMILES string of the molecule is Cc1[nH]ncc1S(=O)(=O)NCC(Cc1cnn(C)c1)C(=O)O. The fourth-order valence-electron chi connectivity index (χ4n) is 2.01. The number of H-pyrrole nitrogens is 1. The van der Waals surface area contributed by atoms with E-state index in [1.54, 1.807) is 31.0 Å². The van der Waals surface area contributed by atoms with Gasteiger partial charge >= 0.3 is 5.97 Å². The first kappa shape index (κ1) is 16.2. The van der Waals surface area contributed by atoms with Gasteiger partial charge < -0.3 is 5.11 Å². The van der Waals surface area contributed by atoms with E-state index in [-0.39, 0.29) is 17.9 Å². The van der Waals surface area contributed by atoms with Gasteiger partial charge in [-0.2, -0.15) is 10.2 Å². The van der Waals surface area contributed by atoms with Crippen LogP contribution in [0.4, 0.5) is 0 Å². The molecule has 2 aromatic rings. The molecule has 22 heavy (non-hydrogen) atoms. The highest BCUT2D eigenvalue weighted by molar-refractivity contribution is 7.89. The minimum atomic E-state index is -3.79. The van der Waals surface area contributed by atoms with Crippen LogP contribution in [0.25, 0.3) is 0 Å². The minimum Gasteiger partial charge on any atom is -0.481 e. The Hall–Kier alpha value is -2.20. The number of nitrogens with one attached hydrogen (secondary N) is 2. The summed E-state index contributed by atoms with van der Waals surface area (Å²) in [6.45, 7) is 1.36. The summed E-state index contributed by atoms with van der Waals surface area (Å²) >= 11 is 0. The van der Waals surface area contributed by atoms with Crippen molar-refractivity contribution in [3.63, 3.8) is 0 Å². The Labute approximate surface area is 127 Å². The number of carbonyl (C=O) groups is 1. The number of carboxylic acids is 1. The van der Waals surface area contributed by atoms with Gasteiger partial charge in [0.2, 0.25) is 10.0 Å². The van der Waals surface area contributed by atoms with Crippen molar-refractivity contribution in [2.45, 2.75) is 18.2 Å². The Balaban J connectivity index is 2.06. The molecule has 0 aliphatic carbocycles. The van der Waals surface area contributed by atoms with Crippen molar-refractivity contribution in [3.05, 3.63) is 29.8 Å². The van der Waals surface area contributed by atoms with Crippen LogP contribution in [0.3, 0.4) is 0 Å². The average molecular weight is 327 g/mol. The first-order chi connectivity index (χ1) is 10.3. The number of aromatic nitrogens is 4. The molecule has 0 aliphatic heterocycles. The Bertz CT molecular complexity index is 764. The van der Waals surface area contributed by atoms with Crippen molar-refractivity contribution < 1.29 is 18.3 Å². The lowest BCUT2D eigenvalue weighted by molar-refractivity contribution is -0.141. The third-order valence-electron chi connectivity index (χ3n) is 3.18. The molecule has 0 fully saturated rings. The summed E-state index contributed by atoms with van der Waals surface area (Å²) in [5, 5.41) is 19.4. The van der Waals surface area contributed by atoms with E-state index in [4.69, 9.17) is 0 Å². The number of hydrogen-bond acceptors (Lipinski definition) is 5. The maximum Gasteiger partial charge on any atom is 0.308 e. The molecule has 10 heteroatoms. The van der Waals surface area contributed by atoms with E-state index in [1.807, 2.05) is 0 Å². The van der Waals surface area contributed by atoms with Gasteiger partial charge in [-0.15, -0.1) is 0 Å². The standard InChI is InChI=1S/C12H17N5O4S/c1-8-11(6-13-16-8)22(20,21)15-5-10(12(18)19)3-9-4-14-17(2)7-9/h4,6-7,10,15H,3,5H2,1-2H3,(H,13,16)(H,18,19). The number of carboxylic acid groups (broad SMARTS) is 1. The molecule has 1 atom stereocenters. The summed E-state index contributed by atoms with van der Waals surface area (Å²) in [5.41, 5.74) is 1.13. The second kappa shape index (κ2) is 6.28. The molecule has 1 unspecified atom stereocenters. The van der Waals surface area contributed by atoms with Crippen LogP contribution in [0.1, 0.15) is 11.3 Å². The number of hydrogen-bond donors (Lipinski definition) is 3. The topological polar surface area (TPSA) is 130 Å². The van der Waals surface area contributed by atoms with Crippen molar-refractivity contribution in [2.24, 2.45) is 13.0 Å². The molecule has 2 heterocycles. The first-order valence-corrected chi connectivity index (χ1v) is 7.98. The number of aryl methyl sites for hydroxylation is 2. The van der Waals surface area contributed by atoms with E-state index in [0.29, 0.717) is 5.69 Å². The molecule has 3 N–H and O–H groups in total. The number of nitrogens with zero attached hydrogens (tertiary/aromatic N) is 3. The maximum atomic E-state index is 12.1. The van der Waals surface area contributed by atoms with Gasteiger partial charge in [0, 0.05) is 19.8 Å². The van der Waals surface area contributed by atoms with Crippen LogP contribution in [-0.2, 0) is 28.3 Å². The number of aromatic amines is 1. The van der Waals surface area contributed by atoms with Crippen molar-refractivity contribution in [2.75, 3.05) is 6.54 Å². The fraction of sp³-hybridized carbons (Fsp3) is 0.417. The highest BCUT2D eigenvalue weighted by Crippen LogP contribution is 2.13. The van der Waals surface area contributed by atoms with Crippen LogP contribution in [-0.4, -0.2) is 46.0 Å². The molecule has 0 aliphatic rings. The fourth-order valence-corrected chi connectivity index (χ4v) is 3.22. The highest BCUT2D eigenvalue weighted by Gasteiger charge is 2.24. The molecule has 0 spiro atoms. The summed E-state index contributed by atoms with van der Waals surface area (Å²) in [6.07, 6.45) is 4.64. The van der Waals surface area contributed by atoms with Gasteiger partial charge in [0.05, 0.1) is 24.0 Å². The quantitative estimate of drug-likeness (QED) is 0.638. The molecular weight excluding hydrogens is 310 g/mol. The zero-order valence-corrected chi connectivity index (χ0v) is 13.0. The summed E-state index contributed by atoms with van der Waals surface area (Å²) in [6, 6.07) is 0. The van der Waals surface area contributed by atoms with Gasteiger partial charge in [-0.25, -0.2) is 13.1 Å². The molecule has 9 nitrogen and oxygen atoms in total. The molecule has 2 rings (SSSR count). The lowest BCUT2D eigenvalue weighted by Crippen LogP contribution is -2.34. The van der Waals surface area contributed by atoms with Crippen LogP contribution in [0.2, 0.25) is 0 Å². The number of sulfonamides is 1. The van der Waals surface area contributed by atoms with Crippen molar-refractivity contribution in [1.29, 1.82) is 0 Å². The lowest BCUT2D eigenvalue weighted by Gasteiger charge is -2.12. The molecule has 0 saturated heterocycles. The summed E-state index contributed by atoms with van der Waals surface area (Å²) in [7, 11) is -2.07. The summed E-state index contributed by atoms with van der Waals surface area (Å²) < 4.78 is 28.1. The third-order valence-corrected chi connectivity index (χ3v) is 4.72. The average Bonchev–Trinajstić information content (AvgIpc) is 3.03. The van der Waals surface area contributed by atoms with Crippen LogP contribution in [0.15, 0.2) is 23.5 Å². The normalized spacial score (nSPS) is 13.2. The molecule has 0 aromatic carbocycles. The first-order valence-electron chi connectivity index (χ1n) is 6.49. The number of aliphatic carboxylic acids is 1. The third kappa shape index (κ3) is 3.71. The lowest BCUT2D eigenvalue weighted by atomic mass is 10.0. The Morgan fingerprint density at radius 3 is 2.73 bits per heavy atom. The highest BCUT2D eigenvalue weighted by atomic mass is 32.2. The zero-order chi connectivity index (χ0) is 16.3. The van der Waals surface area contributed by atoms with Crippen LogP contribution in [0.5, 0.6) is 0 Å². The molecular formula is C12H17N5O4S. The molecule has 2 aromatic heterocycles. The van der Waals surface area contributed by atoms with E-state index in [1.165, 1.54) is 6.20 Å². The molecule has 0 saturated carbocycles. The van der Waals surface area contributed by atoms with E-state index in [9.17, 15) is 18.3 Å². The predicted molar refractivity (Wildman–Crippen MR) is 76.6 cm³/mol. The van der Waals surface area contributed by atoms with Crippen LogP contribution >= 0.6 is 0 Å². The van der Waals surface area contributed by atoms with Crippen LogP contribution < -0.4 is 4.72 Å². The van der Waals surface area contributed by atoms with Gasteiger partial charge in [-0.3, -0.25) is 14.6 Å². The second-order valence-corrected chi connectivity index (χ2v) is 6.71. The predicted octanol–water partition coefficient (Wildman–Crippen LogP) is -0.327. The Morgan fingerprint density at radius 1 is 1.50 bits per heavy atom. The second-order valence-electron chi connectivity index (χ2n) is 4.97. The molecule has 120 valence electrons. The number of rotatable bonds is 7. The maximum absolute atomic E-state index is 12.1. The minimum absolute atomic E-state index is 0.0121. The van der Waals surface area contributed by atoms with E-state index < -0.39 is 21.9 Å². The van der Waals surface area contributed by atoms with Crippen molar-refractivity contribution in [1.82, 2.24) is 24.7 Å². The Kier molecular flexibility index (Phi) is 4.62. The molecule has 0 bridgehead atoms. The molecule has 0 amide bonds. The summed E-state index contributed by atoms with van der Waals surface area (Å²) in [5.74, 6) is -1.96. The van der Waals surface area contributed by atoms with Crippen molar-refractivity contribution in [3.8, 4) is 0 Å². The van der Waals surface area contributed by atoms with E-state index >= 15 is 0 Å². The molecule has 0 radical (unpaired) electrons. The summed E-state index contributed by atoms with van der Waals surface area (Å²) in [4.78, 5) is 11.3. The monoisotopic (exact) mass is 327 g/mol.